The van der Waals surface area contributed by atoms with Crippen molar-refractivity contribution in [2.75, 3.05) is 11.4 Å². The first-order valence-corrected chi connectivity index (χ1v) is 9.62. The molecule has 1 aliphatic heterocycles. The van der Waals surface area contributed by atoms with Gasteiger partial charge in [0.05, 0.1) is 5.92 Å². The molecule has 0 aliphatic carbocycles. The fraction of sp³-hybridized carbons (Fsp3) is 0.227. The molecule has 1 saturated heterocycles. The molecule has 1 aliphatic rings. The average molecular weight is 411 g/mol. The predicted molar refractivity (Wildman–Crippen MR) is 108 cm³/mol. The molecule has 1 aromatic heterocycles. The van der Waals surface area contributed by atoms with Gasteiger partial charge in [0.25, 0.3) is 0 Å². The van der Waals surface area contributed by atoms with Gasteiger partial charge in [-0.2, -0.15) is 0 Å². The van der Waals surface area contributed by atoms with Crippen molar-refractivity contribution in [3.8, 4) is 11.3 Å². The summed E-state index contributed by atoms with van der Waals surface area (Å²) in [5, 5.41) is 4.57. The van der Waals surface area contributed by atoms with Crippen molar-refractivity contribution in [1.82, 2.24) is 5.16 Å². The van der Waals surface area contributed by atoms with Crippen molar-refractivity contribution in [3.63, 3.8) is 0 Å². The number of anilines is 1. The number of amides is 1. The van der Waals surface area contributed by atoms with Gasteiger partial charge in [-0.25, -0.2) is 0 Å². The van der Waals surface area contributed by atoms with E-state index in [9.17, 15) is 9.59 Å². The van der Waals surface area contributed by atoms with Crippen molar-refractivity contribution in [3.05, 3.63) is 70.9 Å². The number of esters is 1. The van der Waals surface area contributed by atoms with E-state index in [1.807, 2.05) is 43.3 Å². The largest absolute Gasteiger partial charge is 0.459 e. The Morgan fingerprint density at radius 1 is 1.21 bits per heavy atom. The molecule has 3 aromatic rings. The third-order valence-corrected chi connectivity index (χ3v) is 5.11. The van der Waals surface area contributed by atoms with E-state index >= 15 is 0 Å². The first kappa shape index (κ1) is 19.2. The second-order valence-corrected chi connectivity index (χ2v) is 7.47. The van der Waals surface area contributed by atoms with E-state index < -0.39 is 11.9 Å². The fourth-order valence-corrected chi connectivity index (χ4v) is 3.36. The zero-order valence-electron chi connectivity index (χ0n) is 15.8. The zero-order chi connectivity index (χ0) is 20.4. The summed E-state index contributed by atoms with van der Waals surface area (Å²) in [5.41, 5.74) is 3.24. The molecule has 0 N–H and O–H groups in total. The molecule has 1 atom stereocenters. The topological polar surface area (TPSA) is 72.6 Å². The number of hydrogen-bond acceptors (Lipinski definition) is 5. The van der Waals surface area contributed by atoms with E-state index in [0.717, 1.165) is 16.8 Å². The molecule has 2 heterocycles. The molecule has 29 heavy (non-hydrogen) atoms. The number of rotatable bonds is 5. The number of nitrogens with zero attached hydrogens (tertiary/aromatic N) is 2. The van der Waals surface area contributed by atoms with Crippen LogP contribution in [0.4, 0.5) is 5.69 Å². The van der Waals surface area contributed by atoms with E-state index in [2.05, 4.69) is 5.16 Å². The maximum atomic E-state index is 12.4. The number of ether oxygens (including phenoxy) is 1. The Bertz CT molecular complexity index is 1030. The number of aryl methyl sites for hydroxylation is 1. The lowest BCUT2D eigenvalue weighted by molar-refractivity contribution is -0.149. The molecule has 1 amide bonds. The molecule has 0 spiro atoms. The highest BCUT2D eigenvalue weighted by Gasteiger charge is 2.36. The molecular weight excluding hydrogens is 392 g/mol. The minimum Gasteiger partial charge on any atom is -0.459 e. The number of benzene rings is 2. The van der Waals surface area contributed by atoms with Gasteiger partial charge in [-0.15, -0.1) is 0 Å². The Balaban J connectivity index is 1.35. The lowest BCUT2D eigenvalue weighted by Crippen LogP contribution is -2.26. The third-order valence-electron chi connectivity index (χ3n) is 4.85. The highest BCUT2D eigenvalue weighted by Crippen LogP contribution is 2.27. The van der Waals surface area contributed by atoms with Crippen LogP contribution < -0.4 is 4.90 Å². The molecule has 0 saturated carbocycles. The average Bonchev–Trinajstić information content (AvgIpc) is 3.34. The van der Waals surface area contributed by atoms with Crippen LogP contribution in [0, 0.1) is 12.8 Å². The highest BCUT2D eigenvalue weighted by atomic mass is 35.5. The Morgan fingerprint density at radius 3 is 2.66 bits per heavy atom. The summed E-state index contributed by atoms with van der Waals surface area (Å²) >= 11 is 5.89. The van der Waals surface area contributed by atoms with Crippen molar-refractivity contribution in [2.45, 2.75) is 20.0 Å². The van der Waals surface area contributed by atoms with Gasteiger partial charge in [0.2, 0.25) is 5.91 Å². The first-order chi connectivity index (χ1) is 14.0. The molecule has 1 unspecified atom stereocenters. The number of aromatic nitrogens is 1. The maximum absolute atomic E-state index is 12.4. The number of hydrogen-bond donors (Lipinski definition) is 0. The van der Waals surface area contributed by atoms with E-state index in [4.69, 9.17) is 20.9 Å². The van der Waals surface area contributed by atoms with Gasteiger partial charge in [0.15, 0.2) is 5.76 Å². The molecule has 1 fully saturated rings. The molecule has 0 bridgehead atoms. The molecule has 148 valence electrons. The summed E-state index contributed by atoms with van der Waals surface area (Å²) in [4.78, 5) is 26.4. The molecule has 7 heteroatoms. The predicted octanol–water partition coefficient (Wildman–Crippen LogP) is 4.40. The van der Waals surface area contributed by atoms with Crippen LogP contribution in [0.15, 0.2) is 59.1 Å². The van der Waals surface area contributed by atoms with E-state index in [1.54, 1.807) is 23.1 Å². The summed E-state index contributed by atoms with van der Waals surface area (Å²) < 4.78 is 10.7. The lowest BCUT2D eigenvalue weighted by atomic mass is 10.1. The van der Waals surface area contributed by atoms with E-state index in [0.29, 0.717) is 23.0 Å². The molecular formula is C22H19ClN2O4. The second-order valence-electron chi connectivity index (χ2n) is 7.04. The number of carbonyl (C=O) groups is 2. The van der Waals surface area contributed by atoms with Gasteiger partial charge in [0.1, 0.15) is 12.3 Å². The first-order valence-electron chi connectivity index (χ1n) is 9.25. The van der Waals surface area contributed by atoms with Crippen LogP contribution >= 0.6 is 11.6 Å². The molecule has 4 rings (SSSR count). The van der Waals surface area contributed by atoms with Crippen molar-refractivity contribution < 1.29 is 18.8 Å². The number of carbonyl (C=O) groups excluding carboxylic acids is 2. The van der Waals surface area contributed by atoms with Gasteiger partial charge in [-0.1, -0.05) is 34.5 Å². The standard InChI is InChI=1S/C22H19ClN2O4/c1-14-2-8-19(9-3-14)25-12-16(10-21(25)26)22(27)28-13-18-11-20(29-24-18)15-4-6-17(23)7-5-15/h2-9,11,16H,10,12-13H2,1H3. The van der Waals surface area contributed by atoms with Crippen LogP contribution in [-0.4, -0.2) is 23.6 Å². The van der Waals surface area contributed by atoms with E-state index in [-0.39, 0.29) is 18.9 Å². The lowest BCUT2D eigenvalue weighted by Gasteiger charge is -2.16. The monoisotopic (exact) mass is 410 g/mol. The SMILES string of the molecule is Cc1ccc(N2CC(C(=O)OCc3cc(-c4ccc(Cl)cc4)on3)CC2=O)cc1. The van der Waals surface area contributed by atoms with Crippen LogP contribution in [0.1, 0.15) is 17.7 Å². The molecule has 2 aromatic carbocycles. The Labute approximate surface area is 173 Å². The maximum Gasteiger partial charge on any atom is 0.311 e. The summed E-state index contributed by atoms with van der Waals surface area (Å²) in [6.07, 6.45) is 0.140. The summed E-state index contributed by atoms with van der Waals surface area (Å²) in [5.74, 6) is -0.424. The van der Waals surface area contributed by atoms with Crippen LogP contribution in [0.2, 0.25) is 5.02 Å². The van der Waals surface area contributed by atoms with Gasteiger partial charge in [-0.3, -0.25) is 9.59 Å². The van der Waals surface area contributed by atoms with Crippen LogP contribution in [0.25, 0.3) is 11.3 Å². The minimum absolute atomic E-state index is 0.00878. The van der Waals surface area contributed by atoms with Crippen LogP contribution in [0.5, 0.6) is 0 Å². The Hall–Kier alpha value is -3.12. The Morgan fingerprint density at radius 2 is 1.93 bits per heavy atom. The fourth-order valence-electron chi connectivity index (χ4n) is 3.23. The molecule has 6 nitrogen and oxygen atoms in total. The quantitative estimate of drug-likeness (QED) is 0.583. The summed E-state index contributed by atoms with van der Waals surface area (Å²) in [6.45, 7) is 2.29. The smallest absolute Gasteiger partial charge is 0.311 e. The summed E-state index contributed by atoms with van der Waals surface area (Å²) in [6, 6.07) is 16.5. The van der Waals surface area contributed by atoms with Crippen molar-refractivity contribution >= 4 is 29.2 Å². The third kappa shape index (κ3) is 4.32. The van der Waals surface area contributed by atoms with Crippen molar-refractivity contribution in [1.29, 1.82) is 0 Å². The highest BCUT2D eigenvalue weighted by molar-refractivity contribution is 6.30. The normalized spacial score (nSPS) is 16.3. The summed E-state index contributed by atoms with van der Waals surface area (Å²) in [7, 11) is 0. The minimum atomic E-state index is -0.494. The van der Waals surface area contributed by atoms with Crippen molar-refractivity contribution in [2.24, 2.45) is 5.92 Å². The Kier molecular flexibility index (Phi) is 5.36. The number of halogens is 1. The van der Waals surface area contributed by atoms with Gasteiger partial charge in [0, 0.05) is 35.3 Å². The van der Waals surface area contributed by atoms with Gasteiger partial charge < -0.3 is 14.2 Å². The zero-order valence-corrected chi connectivity index (χ0v) is 16.6. The van der Waals surface area contributed by atoms with Crippen LogP contribution in [-0.2, 0) is 20.9 Å². The van der Waals surface area contributed by atoms with Gasteiger partial charge >= 0.3 is 5.97 Å². The van der Waals surface area contributed by atoms with Gasteiger partial charge in [-0.05, 0) is 43.3 Å². The second kappa shape index (κ2) is 8.09. The van der Waals surface area contributed by atoms with Crippen LogP contribution in [0.3, 0.4) is 0 Å². The van der Waals surface area contributed by atoms with E-state index in [1.165, 1.54) is 0 Å². The molecule has 0 radical (unpaired) electrons.